The lowest BCUT2D eigenvalue weighted by Crippen LogP contribution is -2.58. The van der Waals surface area contributed by atoms with Crippen molar-refractivity contribution in [2.75, 3.05) is 26.4 Å². The first-order chi connectivity index (χ1) is 18.4. The number of rotatable bonds is 8. The molecule has 0 saturated carbocycles. The van der Waals surface area contributed by atoms with E-state index in [9.17, 15) is 19.1 Å². The number of halogens is 2. The molecule has 1 aromatic heterocycles. The number of nitrogens with one attached hydrogen (secondary N) is 1. The molecule has 2 bridgehead atoms. The number of aliphatic imine (C=N–C) groups is 1. The van der Waals surface area contributed by atoms with Crippen LogP contribution in [0.2, 0.25) is 5.02 Å². The molecule has 0 radical (unpaired) electrons. The molecule has 0 spiro atoms. The number of ether oxygens (including phenoxy) is 2. The molecule has 2 saturated heterocycles. The topological polar surface area (TPSA) is 113 Å². The van der Waals surface area contributed by atoms with Crippen LogP contribution >= 0.6 is 22.9 Å². The van der Waals surface area contributed by atoms with Crippen molar-refractivity contribution in [3.8, 4) is 0 Å². The standard InChI is InChI=1S/C26H28ClFN4O5S/c1-2-37-26(35)21-19(11-32-15-8-14(10-20(33)34)9-16(32)13-36-12-15)30-24(25-29-6-7-38-25)31-23(21)17-4-3-5-18(28)22(17)27/h3-7,14-16,23H,2,8-13H2,1H3,(H,30,31)(H,33,34)/t14?,15-,16+,23-/m0/s1. The third kappa shape index (κ3) is 5.47. The Morgan fingerprint density at radius 3 is 2.74 bits per heavy atom. The summed E-state index contributed by atoms with van der Waals surface area (Å²) < 4.78 is 25.8. The summed E-state index contributed by atoms with van der Waals surface area (Å²) in [6, 6.07) is 3.52. The molecule has 5 rings (SSSR count). The van der Waals surface area contributed by atoms with E-state index in [0.717, 1.165) is 0 Å². The number of fused-ring (bicyclic) bond motifs is 2. The van der Waals surface area contributed by atoms with E-state index in [4.69, 9.17) is 26.1 Å². The first-order valence-corrected chi connectivity index (χ1v) is 13.8. The fraction of sp³-hybridized carbons (Fsp3) is 0.462. The molecular weight excluding hydrogens is 535 g/mol. The monoisotopic (exact) mass is 562 g/mol. The van der Waals surface area contributed by atoms with E-state index >= 15 is 0 Å². The van der Waals surface area contributed by atoms with E-state index in [1.165, 1.54) is 23.5 Å². The van der Waals surface area contributed by atoms with E-state index in [0.29, 0.717) is 54.7 Å². The van der Waals surface area contributed by atoms with Gasteiger partial charge in [0.15, 0.2) is 10.8 Å². The lowest BCUT2D eigenvalue weighted by atomic mass is 9.82. The highest BCUT2D eigenvalue weighted by molar-refractivity contribution is 7.11. The summed E-state index contributed by atoms with van der Waals surface area (Å²) in [4.78, 5) is 36.2. The van der Waals surface area contributed by atoms with Crippen LogP contribution in [0.5, 0.6) is 0 Å². The average Bonchev–Trinajstić information content (AvgIpc) is 3.41. The van der Waals surface area contributed by atoms with Crippen molar-refractivity contribution in [1.82, 2.24) is 15.2 Å². The minimum Gasteiger partial charge on any atom is -0.481 e. The molecule has 3 aliphatic rings. The predicted molar refractivity (Wildman–Crippen MR) is 140 cm³/mol. The maximum atomic E-state index is 14.5. The minimum atomic E-state index is -0.909. The number of aromatic nitrogens is 1. The van der Waals surface area contributed by atoms with Crippen LogP contribution in [0.3, 0.4) is 0 Å². The van der Waals surface area contributed by atoms with Gasteiger partial charge in [0.1, 0.15) is 11.9 Å². The second-order valence-corrected chi connectivity index (χ2v) is 10.8. The zero-order valence-corrected chi connectivity index (χ0v) is 22.3. The second kappa shape index (κ2) is 11.5. The normalized spacial score (nSPS) is 25.5. The number of morpholine rings is 1. The molecule has 9 nitrogen and oxygen atoms in total. The molecule has 0 amide bonds. The van der Waals surface area contributed by atoms with Gasteiger partial charge >= 0.3 is 11.9 Å². The summed E-state index contributed by atoms with van der Waals surface area (Å²) in [6.07, 6.45) is 3.14. The van der Waals surface area contributed by atoms with Crippen LogP contribution in [0, 0.1) is 11.7 Å². The van der Waals surface area contributed by atoms with Gasteiger partial charge in [-0.25, -0.2) is 14.2 Å². The fourth-order valence-corrected chi connectivity index (χ4v) is 6.35. The van der Waals surface area contributed by atoms with Crippen molar-refractivity contribution < 1.29 is 28.6 Å². The molecule has 1 unspecified atom stereocenters. The minimum absolute atomic E-state index is 0.0111. The Balaban J connectivity index is 1.56. The Morgan fingerprint density at radius 2 is 2.08 bits per heavy atom. The van der Waals surface area contributed by atoms with Gasteiger partial charge in [0.2, 0.25) is 0 Å². The number of carboxylic acid groups (broad SMARTS) is 1. The van der Waals surface area contributed by atoms with Gasteiger partial charge in [0, 0.05) is 47.9 Å². The van der Waals surface area contributed by atoms with Crippen LogP contribution in [0.15, 0.2) is 46.0 Å². The number of carbonyl (C=O) groups excluding carboxylic acids is 1. The molecule has 4 heterocycles. The molecule has 2 N–H and O–H groups in total. The van der Waals surface area contributed by atoms with Crippen LogP contribution in [-0.2, 0) is 19.1 Å². The molecule has 2 fully saturated rings. The van der Waals surface area contributed by atoms with Crippen LogP contribution in [-0.4, -0.2) is 71.2 Å². The quantitative estimate of drug-likeness (QED) is 0.467. The molecule has 4 atom stereocenters. The van der Waals surface area contributed by atoms with Gasteiger partial charge in [-0.2, -0.15) is 0 Å². The SMILES string of the molecule is CCOC(=O)C1=C(CN2[C@@H]3COC[C@H]2CC(CC(=O)O)C3)NC(c2nccs2)=N[C@H]1c1cccc(F)c1Cl. The Kier molecular flexibility index (Phi) is 8.08. The first-order valence-electron chi connectivity index (χ1n) is 12.5. The van der Waals surface area contributed by atoms with Crippen molar-refractivity contribution in [3.05, 3.63) is 62.5 Å². The maximum absolute atomic E-state index is 14.5. The first kappa shape index (κ1) is 26.7. The van der Waals surface area contributed by atoms with E-state index in [1.807, 2.05) is 5.38 Å². The zero-order chi connectivity index (χ0) is 26.8. The van der Waals surface area contributed by atoms with Crippen molar-refractivity contribution in [2.45, 2.75) is 44.3 Å². The van der Waals surface area contributed by atoms with Crippen molar-refractivity contribution >= 4 is 40.7 Å². The highest BCUT2D eigenvalue weighted by atomic mass is 35.5. The zero-order valence-electron chi connectivity index (χ0n) is 20.7. The second-order valence-electron chi connectivity index (χ2n) is 9.55. The summed E-state index contributed by atoms with van der Waals surface area (Å²) in [5, 5.41) is 15.0. The van der Waals surface area contributed by atoms with Gasteiger partial charge in [-0.15, -0.1) is 11.3 Å². The summed E-state index contributed by atoms with van der Waals surface area (Å²) in [5.41, 5.74) is 1.18. The highest BCUT2D eigenvalue weighted by Crippen LogP contribution is 2.39. The molecular formula is C26H28ClFN4O5S. The van der Waals surface area contributed by atoms with Crippen molar-refractivity contribution in [2.24, 2.45) is 10.9 Å². The van der Waals surface area contributed by atoms with E-state index in [-0.39, 0.29) is 41.6 Å². The molecule has 12 heteroatoms. The molecule has 202 valence electrons. The predicted octanol–water partition coefficient (Wildman–Crippen LogP) is 3.80. The van der Waals surface area contributed by atoms with Crippen LogP contribution in [0.1, 0.15) is 42.8 Å². The Morgan fingerprint density at radius 1 is 1.32 bits per heavy atom. The number of carboxylic acids is 1. The van der Waals surface area contributed by atoms with Gasteiger partial charge in [-0.1, -0.05) is 23.7 Å². The third-order valence-corrected chi connectivity index (χ3v) is 8.28. The molecule has 3 aliphatic heterocycles. The van der Waals surface area contributed by atoms with Gasteiger partial charge in [-0.3, -0.25) is 14.7 Å². The molecule has 2 aromatic rings. The van der Waals surface area contributed by atoms with Gasteiger partial charge in [-0.05, 0) is 31.7 Å². The highest BCUT2D eigenvalue weighted by Gasteiger charge is 2.42. The Bertz CT molecular complexity index is 1260. The van der Waals surface area contributed by atoms with E-state index in [1.54, 1.807) is 19.2 Å². The number of thiazole rings is 1. The molecule has 38 heavy (non-hydrogen) atoms. The third-order valence-electron chi connectivity index (χ3n) is 7.11. The number of esters is 1. The lowest BCUT2D eigenvalue weighted by Gasteiger charge is -2.49. The number of amidine groups is 1. The number of piperidine rings is 1. The van der Waals surface area contributed by atoms with Crippen LogP contribution in [0.4, 0.5) is 4.39 Å². The van der Waals surface area contributed by atoms with E-state index < -0.39 is 23.8 Å². The Hall–Kier alpha value is -2.86. The van der Waals surface area contributed by atoms with Gasteiger partial charge in [0.05, 0.1) is 30.4 Å². The van der Waals surface area contributed by atoms with Gasteiger partial charge in [0.25, 0.3) is 0 Å². The summed E-state index contributed by atoms with van der Waals surface area (Å²) in [5.74, 6) is -1.46. The van der Waals surface area contributed by atoms with Crippen molar-refractivity contribution in [1.29, 1.82) is 0 Å². The van der Waals surface area contributed by atoms with Crippen LogP contribution in [0.25, 0.3) is 0 Å². The Labute approximate surface area is 228 Å². The summed E-state index contributed by atoms with van der Waals surface area (Å²) in [7, 11) is 0. The number of hydrogen-bond donors (Lipinski definition) is 2. The summed E-state index contributed by atoms with van der Waals surface area (Å²) >= 11 is 7.78. The molecule has 1 aromatic carbocycles. The molecule has 0 aliphatic carbocycles. The number of hydrogen-bond acceptors (Lipinski definition) is 9. The summed E-state index contributed by atoms with van der Waals surface area (Å²) in [6.45, 7) is 3.17. The number of aliphatic carboxylic acids is 1. The number of nitrogens with zero attached hydrogens (tertiary/aromatic N) is 3. The van der Waals surface area contributed by atoms with E-state index in [2.05, 4.69) is 15.2 Å². The lowest BCUT2D eigenvalue weighted by molar-refractivity contribution is -0.141. The largest absolute Gasteiger partial charge is 0.481 e. The number of carbonyl (C=O) groups is 2. The number of benzene rings is 1. The van der Waals surface area contributed by atoms with Gasteiger partial charge < -0.3 is 19.9 Å². The fourth-order valence-electron chi connectivity index (χ4n) is 5.53. The maximum Gasteiger partial charge on any atom is 0.338 e. The van der Waals surface area contributed by atoms with Crippen molar-refractivity contribution in [3.63, 3.8) is 0 Å². The smallest absolute Gasteiger partial charge is 0.338 e. The average molecular weight is 563 g/mol. The van der Waals surface area contributed by atoms with Crippen LogP contribution < -0.4 is 5.32 Å².